The Morgan fingerprint density at radius 2 is 2.05 bits per heavy atom. The summed E-state index contributed by atoms with van der Waals surface area (Å²) in [6, 6.07) is 12.0. The highest BCUT2D eigenvalue weighted by Gasteiger charge is 2.03. The maximum Gasteiger partial charge on any atom is 0.248 e. The van der Waals surface area contributed by atoms with E-state index in [0.717, 1.165) is 9.26 Å². The number of hydrogen-bond acceptors (Lipinski definition) is 2. The molecule has 0 heterocycles. The summed E-state index contributed by atoms with van der Waals surface area (Å²) in [7, 11) is 1.41. The van der Waals surface area contributed by atoms with Gasteiger partial charge in [0.1, 0.15) is 0 Å². The summed E-state index contributed by atoms with van der Waals surface area (Å²) in [5.74, 6) is -0.552. The van der Waals surface area contributed by atoms with E-state index < -0.39 is 5.82 Å². The Kier molecular flexibility index (Phi) is 5.32. The fourth-order valence-corrected chi connectivity index (χ4v) is 2.22. The predicted octanol–water partition coefficient (Wildman–Crippen LogP) is 4.09. The molecule has 21 heavy (non-hydrogen) atoms. The number of carbonyl (C=O) groups excluding carboxylic acids is 1. The first-order valence-electron chi connectivity index (χ1n) is 6.17. The SMILES string of the molecule is COc1ccc(/C=C/C(=O)Nc2ccccc2I)cc1F. The van der Waals surface area contributed by atoms with E-state index in [1.54, 1.807) is 12.1 Å². The second kappa shape index (κ2) is 7.21. The molecule has 0 saturated heterocycles. The number of carbonyl (C=O) groups is 1. The smallest absolute Gasteiger partial charge is 0.248 e. The molecule has 0 bridgehead atoms. The van der Waals surface area contributed by atoms with Crippen molar-refractivity contribution in [2.75, 3.05) is 12.4 Å². The first kappa shape index (κ1) is 15.5. The zero-order valence-electron chi connectivity index (χ0n) is 11.3. The second-order valence-electron chi connectivity index (χ2n) is 4.20. The molecule has 1 amide bonds. The molecule has 0 spiro atoms. The molecule has 2 aromatic carbocycles. The minimum Gasteiger partial charge on any atom is -0.494 e. The van der Waals surface area contributed by atoms with Gasteiger partial charge in [0.05, 0.1) is 12.8 Å². The van der Waals surface area contributed by atoms with Crippen molar-refractivity contribution < 1.29 is 13.9 Å². The molecule has 2 rings (SSSR count). The molecule has 5 heteroatoms. The van der Waals surface area contributed by atoms with E-state index in [2.05, 4.69) is 27.9 Å². The van der Waals surface area contributed by atoms with E-state index >= 15 is 0 Å². The van der Waals surface area contributed by atoms with E-state index in [-0.39, 0.29) is 11.7 Å². The van der Waals surface area contributed by atoms with Crippen LogP contribution in [-0.2, 0) is 4.79 Å². The molecule has 0 radical (unpaired) electrons. The van der Waals surface area contributed by atoms with Crippen molar-refractivity contribution in [3.05, 3.63) is 63.5 Å². The van der Waals surface area contributed by atoms with Crippen molar-refractivity contribution >= 4 is 40.3 Å². The van der Waals surface area contributed by atoms with Gasteiger partial charge < -0.3 is 10.1 Å². The van der Waals surface area contributed by atoms with Crippen molar-refractivity contribution in [3.63, 3.8) is 0 Å². The van der Waals surface area contributed by atoms with E-state index in [0.29, 0.717) is 5.56 Å². The van der Waals surface area contributed by atoms with Crippen molar-refractivity contribution in [1.82, 2.24) is 0 Å². The van der Waals surface area contributed by atoms with E-state index in [9.17, 15) is 9.18 Å². The third kappa shape index (κ3) is 4.29. The summed E-state index contributed by atoms with van der Waals surface area (Å²) in [6.07, 6.45) is 2.91. The van der Waals surface area contributed by atoms with Crippen LogP contribution >= 0.6 is 22.6 Å². The number of benzene rings is 2. The van der Waals surface area contributed by atoms with Crippen LogP contribution in [0, 0.1) is 9.39 Å². The number of rotatable bonds is 4. The van der Waals surface area contributed by atoms with Gasteiger partial charge in [0.15, 0.2) is 11.6 Å². The number of halogens is 2. The Labute approximate surface area is 136 Å². The monoisotopic (exact) mass is 397 g/mol. The number of anilines is 1. The molecular formula is C16H13FINO2. The fraction of sp³-hybridized carbons (Fsp3) is 0.0625. The number of methoxy groups -OCH3 is 1. The van der Waals surface area contributed by atoms with Gasteiger partial charge in [0.2, 0.25) is 5.91 Å². The van der Waals surface area contributed by atoms with Gasteiger partial charge in [-0.3, -0.25) is 4.79 Å². The molecule has 1 N–H and O–H groups in total. The van der Waals surface area contributed by atoms with Crippen molar-refractivity contribution in [1.29, 1.82) is 0 Å². The first-order chi connectivity index (χ1) is 10.1. The summed E-state index contributed by atoms with van der Waals surface area (Å²) in [6.45, 7) is 0. The molecule has 0 aliphatic heterocycles. The summed E-state index contributed by atoms with van der Waals surface area (Å²) in [5, 5.41) is 2.77. The van der Waals surface area contributed by atoms with Gasteiger partial charge in [0.25, 0.3) is 0 Å². The minimum atomic E-state index is -0.460. The standard InChI is InChI=1S/C16H13FINO2/c1-21-15-8-6-11(10-12(15)17)7-9-16(20)19-14-5-3-2-4-13(14)18/h2-10H,1H3,(H,19,20)/b9-7+. The predicted molar refractivity (Wildman–Crippen MR) is 89.8 cm³/mol. The second-order valence-corrected chi connectivity index (χ2v) is 5.36. The van der Waals surface area contributed by atoms with Gasteiger partial charge in [-0.15, -0.1) is 0 Å². The van der Waals surface area contributed by atoms with Crippen LogP contribution in [-0.4, -0.2) is 13.0 Å². The van der Waals surface area contributed by atoms with Gasteiger partial charge in [-0.1, -0.05) is 18.2 Å². The van der Waals surface area contributed by atoms with Crippen LogP contribution in [0.2, 0.25) is 0 Å². The molecule has 2 aromatic rings. The number of amides is 1. The quantitative estimate of drug-likeness (QED) is 0.624. The summed E-state index contributed by atoms with van der Waals surface area (Å²) in [4.78, 5) is 11.8. The van der Waals surface area contributed by atoms with Gasteiger partial charge in [-0.25, -0.2) is 4.39 Å². The average Bonchev–Trinajstić information content (AvgIpc) is 2.48. The third-order valence-corrected chi connectivity index (χ3v) is 3.68. The maximum absolute atomic E-state index is 13.5. The Morgan fingerprint density at radius 3 is 2.71 bits per heavy atom. The van der Waals surface area contributed by atoms with Gasteiger partial charge in [0, 0.05) is 9.65 Å². The molecule has 0 atom stereocenters. The number of ether oxygens (including phenoxy) is 1. The third-order valence-electron chi connectivity index (χ3n) is 2.73. The van der Waals surface area contributed by atoms with Crippen LogP contribution in [0.3, 0.4) is 0 Å². The van der Waals surface area contributed by atoms with E-state index in [1.807, 2.05) is 24.3 Å². The molecule has 0 saturated carbocycles. The van der Waals surface area contributed by atoms with Gasteiger partial charge in [-0.05, 0) is 58.5 Å². The number of para-hydroxylation sites is 1. The number of hydrogen-bond donors (Lipinski definition) is 1. The number of nitrogens with one attached hydrogen (secondary N) is 1. The van der Waals surface area contributed by atoms with Crippen molar-refractivity contribution in [3.8, 4) is 5.75 Å². The van der Waals surface area contributed by atoms with Crippen LogP contribution in [0.5, 0.6) is 5.75 Å². The topological polar surface area (TPSA) is 38.3 Å². The molecule has 3 nitrogen and oxygen atoms in total. The van der Waals surface area contributed by atoms with Crippen LogP contribution < -0.4 is 10.1 Å². The zero-order valence-corrected chi connectivity index (χ0v) is 13.4. The summed E-state index contributed by atoms with van der Waals surface area (Å²) >= 11 is 2.14. The highest BCUT2D eigenvalue weighted by molar-refractivity contribution is 14.1. The lowest BCUT2D eigenvalue weighted by Gasteiger charge is -2.04. The molecular weight excluding hydrogens is 384 g/mol. The summed E-state index contributed by atoms with van der Waals surface area (Å²) in [5.41, 5.74) is 1.33. The lowest BCUT2D eigenvalue weighted by molar-refractivity contribution is -0.111. The molecule has 0 aromatic heterocycles. The van der Waals surface area contributed by atoms with Gasteiger partial charge >= 0.3 is 0 Å². The zero-order chi connectivity index (χ0) is 15.2. The molecule has 0 fully saturated rings. The van der Waals surface area contributed by atoms with Crippen LogP contribution in [0.25, 0.3) is 6.08 Å². The van der Waals surface area contributed by atoms with E-state index in [4.69, 9.17) is 4.74 Å². The van der Waals surface area contributed by atoms with E-state index in [1.165, 1.54) is 25.3 Å². The Balaban J connectivity index is 2.05. The molecule has 0 aliphatic carbocycles. The van der Waals surface area contributed by atoms with Crippen LogP contribution in [0.4, 0.5) is 10.1 Å². The highest BCUT2D eigenvalue weighted by Crippen LogP contribution is 2.19. The molecule has 108 valence electrons. The fourth-order valence-electron chi connectivity index (χ4n) is 1.70. The molecule has 0 unspecified atom stereocenters. The highest BCUT2D eigenvalue weighted by atomic mass is 127. The Morgan fingerprint density at radius 1 is 1.29 bits per heavy atom. The normalized spacial score (nSPS) is 10.6. The molecule has 0 aliphatic rings. The van der Waals surface area contributed by atoms with Crippen LogP contribution in [0.15, 0.2) is 48.5 Å². The van der Waals surface area contributed by atoms with Crippen LogP contribution in [0.1, 0.15) is 5.56 Å². The Bertz CT molecular complexity index is 686. The lowest BCUT2D eigenvalue weighted by atomic mass is 10.2. The van der Waals surface area contributed by atoms with Crippen molar-refractivity contribution in [2.45, 2.75) is 0 Å². The summed E-state index contributed by atoms with van der Waals surface area (Å²) < 4.78 is 19.3. The minimum absolute atomic E-state index is 0.176. The Hall–Kier alpha value is -1.89. The first-order valence-corrected chi connectivity index (χ1v) is 7.25. The van der Waals surface area contributed by atoms with Crippen molar-refractivity contribution in [2.24, 2.45) is 0 Å². The average molecular weight is 397 g/mol. The maximum atomic E-state index is 13.5. The van der Waals surface area contributed by atoms with Gasteiger partial charge in [-0.2, -0.15) is 0 Å². The largest absolute Gasteiger partial charge is 0.494 e. The lowest BCUT2D eigenvalue weighted by Crippen LogP contribution is -2.08.